The van der Waals surface area contributed by atoms with E-state index in [0.717, 1.165) is 152 Å². The Bertz CT molecular complexity index is 5880. The SMILES string of the molecule is Cc1ccc(CNc2ccc3c(c2)C(C(=O)N2CCN(C(=O)[C@H]4CCCN4)CC2)NCC3)c(Cl)c1.O=C([C@H]1CCCCN1)N1CCN(c2nc(NCc3ccc(Cl)cc3Cl)c3cccnc3n2)CC1.O=C([C@H]1CCCCN1)N1CCN(c2nc(NCc3ccc(Cl)cc3F)c3cccnc3n2)CC1.O=C([C@H]1CCCN1)N1CCN(c2nc(NCc3ccc(Cl)cc3F)c3cccnc3n2)CC1. The van der Waals surface area contributed by atoms with E-state index in [1.807, 2.05) is 92.1 Å². The van der Waals surface area contributed by atoms with Crippen molar-refractivity contribution >= 4 is 162 Å². The highest BCUT2D eigenvalue weighted by Crippen LogP contribution is 2.34. The van der Waals surface area contributed by atoms with Crippen molar-refractivity contribution < 1.29 is 32.8 Å². The summed E-state index contributed by atoms with van der Waals surface area (Å²) in [5.41, 5.74) is 9.06. The number of piperidine rings is 2. The van der Waals surface area contributed by atoms with Crippen molar-refractivity contribution in [2.75, 3.05) is 173 Å². The van der Waals surface area contributed by atoms with Crippen LogP contribution in [0.25, 0.3) is 33.1 Å². The Balaban J connectivity index is 0.000000126. The summed E-state index contributed by atoms with van der Waals surface area (Å²) in [7, 11) is 0. The van der Waals surface area contributed by atoms with Crippen LogP contribution < -0.4 is 62.6 Å². The van der Waals surface area contributed by atoms with Gasteiger partial charge in [-0.05, 0) is 210 Å². The van der Waals surface area contributed by atoms with Crippen LogP contribution >= 0.6 is 58.0 Å². The molecule has 9 N–H and O–H groups in total. The summed E-state index contributed by atoms with van der Waals surface area (Å²) >= 11 is 30.5. The highest BCUT2D eigenvalue weighted by Gasteiger charge is 2.38. The molecule has 0 bridgehead atoms. The summed E-state index contributed by atoms with van der Waals surface area (Å²) < 4.78 is 28.5. The van der Waals surface area contributed by atoms with Crippen molar-refractivity contribution in [1.82, 2.24) is 95.9 Å². The minimum Gasteiger partial charge on any atom is -0.381 e. The van der Waals surface area contributed by atoms with Gasteiger partial charge in [-0.15, -0.1) is 0 Å². The Morgan fingerprint density at radius 3 is 1.10 bits per heavy atom. The Morgan fingerprint density at radius 1 is 0.360 bits per heavy atom. The summed E-state index contributed by atoms with van der Waals surface area (Å²) in [6.07, 6.45) is 16.2. The van der Waals surface area contributed by atoms with Crippen LogP contribution in [0.3, 0.4) is 0 Å². The van der Waals surface area contributed by atoms with Gasteiger partial charge in [-0.2, -0.15) is 29.9 Å². The van der Waals surface area contributed by atoms with Crippen LogP contribution in [0.4, 0.5) is 49.8 Å². The summed E-state index contributed by atoms with van der Waals surface area (Å²) in [6, 6.07) is 37.7. The molecule has 1 unspecified atom stereocenters. The number of carbonyl (C=O) groups excluding carboxylic acids is 5. The van der Waals surface area contributed by atoms with Crippen LogP contribution in [0.15, 0.2) is 146 Å². The second-order valence-corrected chi connectivity index (χ2v) is 37.5. The minimum atomic E-state index is -0.371. The number of aryl methyl sites for hydroxylation is 1. The molecule has 5 amide bonds. The molecular weight excluding hydrogens is 1840 g/mol. The maximum absolute atomic E-state index is 14.3. The number of pyridine rings is 3. The number of halogens is 7. The molecule has 714 valence electrons. The fraction of sp³-hybridized carbons (Fsp3) is 0.429. The van der Waals surface area contributed by atoms with E-state index in [4.69, 9.17) is 77.9 Å². The first-order valence-corrected chi connectivity index (χ1v) is 49.0. The Morgan fingerprint density at radius 2 is 0.713 bits per heavy atom. The number of nitrogens with zero attached hydrogens (tertiary/aromatic N) is 17. The summed E-state index contributed by atoms with van der Waals surface area (Å²) in [6.45, 7) is 18.2. The van der Waals surface area contributed by atoms with E-state index in [0.29, 0.717) is 201 Å². The first-order valence-electron chi connectivity index (χ1n) is 47.1. The third-order valence-electron chi connectivity index (χ3n) is 26.4. The third kappa shape index (κ3) is 24.1. The lowest BCUT2D eigenvalue weighted by Gasteiger charge is -2.38. The zero-order valence-corrected chi connectivity index (χ0v) is 79.8. The van der Waals surface area contributed by atoms with Gasteiger partial charge in [-0.25, -0.2) is 23.7 Å². The van der Waals surface area contributed by atoms with Gasteiger partial charge in [0.05, 0.1) is 40.3 Å². The third-order valence-corrected chi connectivity index (χ3v) is 27.8. The van der Waals surface area contributed by atoms with Gasteiger partial charge in [-0.1, -0.05) is 107 Å². The molecule has 5 aromatic carbocycles. The fourth-order valence-corrected chi connectivity index (χ4v) is 19.7. The Labute approximate surface area is 814 Å². The number of carbonyl (C=O) groups is 5. The number of benzene rings is 5. The number of amides is 5. The van der Waals surface area contributed by atoms with E-state index < -0.39 is 0 Å². The maximum atomic E-state index is 14.3. The number of anilines is 7. The lowest BCUT2D eigenvalue weighted by Crippen LogP contribution is -2.56. The number of fused-ring (bicyclic) bond motifs is 4. The molecule has 5 atom stereocenters. The number of rotatable bonds is 20. The van der Waals surface area contributed by atoms with Crippen molar-refractivity contribution in [3.63, 3.8) is 0 Å². The van der Waals surface area contributed by atoms with Crippen LogP contribution in [0, 0.1) is 18.6 Å². The molecule has 0 saturated carbocycles. The molecular formula is C98H113Cl5F2N26O5. The summed E-state index contributed by atoms with van der Waals surface area (Å²) in [5.74, 6) is 3.70. The maximum Gasteiger partial charge on any atom is 0.244 e. The van der Waals surface area contributed by atoms with E-state index in [1.54, 1.807) is 48.9 Å². The van der Waals surface area contributed by atoms with Gasteiger partial charge in [0.2, 0.25) is 47.4 Å². The van der Waals surface area contributed by atoms with Gasteiger partial charge >= 0.3 is 0 Å². The minimum absolute atomic E-state index is 0.0445. The highest BCUT2D eigenvalue weighted by molar-refractivity contribution is 6.35. The monoisotopic (exact) mass is 1950 g/mol. The van der Waals surface area contributed by atoms with E-state index >= 15 is 0 Å². The normalized spacial score (nSPS) is 19.6. The molecule has 20 rings (SSSR count). The van der Waals surface area contributed by atoms with Crippen LogP contribution in [0.1, 0.15) is 109 Å². The van der Waals surface area contributed by atoms with Gasteiger partial charge in [0, 0.05) is 198 Å². The zero-order valence-electron chi connectivity index (χ0n) is 76.0. The smallest absolute Gasteiger partial charge is 0.244 e. The molecule has 9 aliphatic rings. The average Bonchev–Trinajstić information content (AvgIpc) is 0.814. The molecule has 38 heteroatoms. The van der Waals surface area contributed by atoms with E-state index in [9.17, 15) is 32.8 Å². The lowest BCUT2D eigenvalue weighted by atomic mass is 9.92. The second kappa shape index (κ2) is 45.7. The van der Waals surface area contributed by atoms with Crippen LogP contribution in [-0.4, -0.2) is 260 Å². The van der Waals surface area contributed by atoms with Crippen molar-refractivity contribution in [3.8, 4) is 0 Å². The first kappa shape index (κ1) is 96.3. The number of piperazine rings is 4. The van der Waals surface area contributed by atoms with Crippen LogP contribution in [0.2, 0.25) is 25.1 Å². The van der Waals surface area contributed by atoms with Crippen molar-refractivity contribution in [2.45, 2.75) is 134 Å². The van der Waals surface area contributed by atoms with Crippen molar-refractivity contribution in [2.24, 2.45) is 0 Å². The quantitative estimate of drug-likeness (QED) is 0.0342. The Kier molecular flexibility index (Phi) is 32.4. The number of hydrogen-bond donors (Lipinski definition) is 9. The molecule has 15 heterocycles. The standard InChI is InChI=1S/C27H34ClN5O2.C24H27Cl2N7O.C24H27ClFN7O.C23H25ClFN7O/c1-18-4-5-20(23(28)15-18)17-31-21-7-6-19-8-10-30-25(22(19)16-21)27(35)33-13-11-32(12-14-33)26(34)24-3-2-9-29-24;2*25-17-7-6-16(19(26)14-17)15-29-22-18-4-3-9-28-21(18)30-24(31-22)33-12-10-32(11-13-33)23(34)20-5-1-2-8-27-20;24-16-6-5-15(18(25)13-16)14-28-21-17-3-1-8-27-20(17)29-23(30-21)32-11-9-31(10-12-32)22(33)19-4-2-7-26-19/h4-7,15-16,24-25,29-31H,2-3,8-14,17H2,1H3;2*3-4,6-7,9,14,20,27H,1-2,5,8,10-13,15H2,(H,28,29,30,31);1,3,5-6,8,13,19,26H,2,4,7,9-12,14H2,(H,27,28,29,30)/t24-,25?;2*20-;19-/m1111/s1. The zero-order chi connectivity index (χ0) is 94.1. The molecule has 31 nitrogen and oxygen atoms in total. The predicted octanol–water partition coefficient (Wildman–Crippen LogP) is 12.7. The van der Waals surface area contributed by atoms with Gasteiger partial charge < -0.3 is 87.1 Å². The van der Waals surface area contributed by atoms with Gasteiger partial charge in [-0.3, -0.25) is 24.0 Å². The largest absolute Gasteiger partial charge is 0.381 e. The molecule has 0 aliphatic carbocycles. The molecule has 0 spiro atoms. The number of nitrogens with one attached hydrogen (secondary N) is 9. The molecule has 136 heavy (non-hydrogen) atoms. The van der Waals surface area contributed by atoms with Gasteiger partial charge in [0.1, 0.15) is 35.1 Å². The lowest BCUT2D eigenvalue weighted by molar-refractivity contribution is -0.141. The van der Waals surface area contributed by atoms with Crippen molar-refractivity contribution in [1.29, 1.82) is 0 Å². The summed E-state index contributed by atoms with van der Waals surface area (Å²) in [5, 5.41) is 35.1. The van der Waals surface area contributed by atoms with Gasteiger partial charge in [0.25, 0.3) is 0 Å². The fourth-order valence-electron chi connectivity index (χ4n) is 18.6. The second-order valence-electron chi connectivity index (χ2n) is 35.4. The highest BCUT2D eigenvalue weighted by atomic mass is 35.5. The van der Waals surface area contributed by atoms with Gasteiger partial charge in [0.15, 0.2) is 16.9 Å². The number of aromatic nitrogens is 9. The molecule has 11 aromatic rings. The Hall–Kier alpha value is -11.4. The van der Waals surface area contributed by atoms with Crippen LogP contribution in [0.5, 0.6) is 0 Å². The molecule has 9 aliphatic heterocycles. The molecule has 6 aromatic heterocycles. The van der Waals surface area contributed by atoms with E-state index in [1.165, 1.54) is 17.7 Å². The number of hydrogen-bond acceptors (Lipinski definition) is 26. The first-order chi connectivity index (χ1) is 66.2. The van der Waals surface area contributed by atoms with Crippen LogP contribution in [-0.2, 0) is 56.6 Å². The summed E-state index contributed by atoms with van der Waals surface area (Å²) in [4.78, 5) is 122. The van der Waals surface area contributed by atoms with Crippen molar-refractivity contribution in [3.05, 3.63) is 222 Å². The van der Waals surface area contributed by atoms with E-state index in [-0.39, 0.29) is 84.5 Å². The molecule has 8 saturated heterocycles. The van der Waals surface area contributed by atoms with E-state index in [2.05, 4.69) is 112 Å². The average molecular weight is 1950 g/mol. The predicted molar refractivity (Wildman–Crippen MR) is 531 cm³/mol. The molecule has 8 fully saturated rings. The molecule has 0 radical (unpaired) electrons. The topological polar surface area (TPSA) is 336 Å².